The number of ether oxygens (including phenoxy) is 1. The second-order valence-electron chi connectivity index (χ2n) is 11.6. The highest BCUT2D eigenvalue weighted by molar-refractivity contribution is 6.07. The fourth-order valence-electron chi connectivity index (χ4n) is 6.49. The Bertz CT molecular complexity index is 1860. The minimum atomic E-state index is 0.000517. The van der Waals surface area contributed by atoms with Gasteiger partial charge in [-0.2, -0.15) is 0 Å². The Labute approximate surface area is 249 Å². The third-order valence-electron chi connectivity index (χ3n) is 8.63. The van der Waals surface area contributed by atoms with Crippen molar-refractivity contribution in [2.75, 3.05) is 26.7 Å². The maximum Gasteiger partial charge on any atom is 0.236 e. The summed E-state index contributed by atoms with van der Waals surface area (Å²) < 4.78 is 6.30. The molecule has 0 aliphatic carbocycles. The van der Waals surface area contributed by atoms with Gasteiger partial charge in [0.15, 0.2) is 0 Å². The monoisotopic (exact) mass is 577 g/mol. The number of imidazole rings is 2. The first-order valence-electron chi connectivity index (χ1n) is 14.9. The number of likely N-dealkylation sites (tertiary alicyclic amines) is 1. The van der Waals surface area contributed by atoms with Gasteiger partial charge in [0.2, 0.25) is 12.3 Å². The highest BCUT2D eigenvalue weighted by Crippen LogP contribution is 2.43. The number of H-pyrrole nitrogens is 2. The lowest BCUT2D eigenvalue weighted by molar-refractivity contribution is -0.131. The summed E-state index contributed by atoms with van der Waals surface area (Å²) in [6.45, 7) is 6.85. The molecule has 2 aromatic heterocycles. The molecule has 4 heterocycles. The second-order valence-corrected chi connectivity index (χ2v) is 11.6. The quantitative estimate of drug-likeness (QED) is 0.217. The summed E-state index contributed by atoms with van der Waals surface area (Å²) in [4.78, 5) is 43.9. The maximum atomic E-state index is 12.6. The highest BCUT2D eigenvalue weighted by Gasteiger charge is 2.38. The van der Waals surface area contributed by atoms with Gasteiger partial charge in [-0.1, -0.05) is 32.0 Å². The van der Waals surface area contributed by atoms with E-state index >= 15 is 0 Å². The number of hydrogen-bond acceptors (Lipinski definition) is 6. The average molecular weight is 578 g/mol. The number of carbonyl (C=O) groups excluding carboxylic acids is 2. The Kier molecular flexibility index (Phi) is 6.85. The van der Waals surface area contributed by atoms with E-state index in [9.17, 15) is 9.59 Å². The number of benzene rings is 3. The first kappa shape index (κ1) is 27.2. The van der Waals surface area contributed by atoms with E-state index in [-0.39, 0.29) is 11.9 Å². The van der Waals surface area contributed by atoms with Crippen molar-refractivity contribution in [3.63, 3.8) is 0 Å². The van der Waals surface area contributed by atoms with Crippen LogP contribution in [0.3, 0.4) is 0 Å². The lowest BCUT2D eigenvalue weighted by Crippen LogP contribution is -2.47. The van der Waals surface area contributed by atoms with E-state index in [0.29, 0.717) is 32.2 Å². The van der Waals surface area contributed by atoms with Gasteiger partial charge in [0.1, 0.15) is 24.0 Å². The number of fused-ring (bicyclic) bond motifs is 6. The second kappa shape index (κ2) is 10.9. The number of rotatable bonds is 9. The minimum Gasteiger partial charge on any atom is -0.488 e. The van der Waals surface area contributed by atoms with E-state index in [1.54, 1.807) is 11.9 Å². The molecule has 43 heavy (non-hydrogen) atoms. The van der Waals surface area contributed by atoms with Crippen molar-refractivity contribution >= 4 is 34.1 Å². The van der Waals surface area contributed by atoms with Gasteiger partial charge in [-0.25, -0.2) is 9.97 Å². The normalized spacial score (nSPS) is 17.3. The first-order valence-corrected chi connectivity index (χ1v) is 14.9. The zero-order valence-electron chi connectivity index (χ0n) is 24.6. The molecule has 0 saturated carbocycles. The van der Waals surface area contributed by atoms with E-state index in [2.05, 4.69) is 76.6 Å². The summed E-state index contributed by atoms with van der Waals surface area (Å²) in [5.74, 6) is 2.86. The van der Waals surface area contributed by atoms with Crippen molar-refractivity contribution in [3.05, 3.63) is 65.9 Å². The number of nitrogens with one attached hydrogen (secondary N) is 3. The number of hydrogen-bond donors (Lipinski definition) is 3. The van der Waals surface area contributed by atoms with Crippen LogP contribution in [0.25, 0.3) is 44.2 Å². The van der Waals surface area contributed by atoms with Crippen molar-refractivity contribution in [2.24, 2.45) is 5.92 Å². The van der Waals surface area contributed by atoms with Crippen LogP contribution in [0.1, 0.15) is 43.5 Å². The molecule has 2 aliphatic heterocycles. The van der Waals surface area contributed by atoms with Crippen molar-refractivity contribution in [1.29, 1.82) is 0 Å². The Morgan fingerprint density at radius 1 is 1.19 bits per heavy atom. The Morgan fingerprint density at radius 3 is 2.86 bits per heavy atom. The standard InChI is InChI=1S/C33H35N7O3/c1-4-9-39(30(42)14-34-3)16-29-36-26-8-6-20-11-25-23-7-5-21(10-22(23)17-43-28(25)12-24(20)31(26)38-29)27-13-35-33(37-27)32-19(2)15-40(32)18-41/h5-8,10-13,18-19,32,34H,4,9,14-17H2,1-3H3,(H,35,37)(H,36,38). The molecule has 2 unspecified atom stereocenters. The van der Waals surface area contributed by atoms with E-state index in [1.165, 1.54) is 0 Å². The summed E-state index contributed by atoms with van der Waals surface area (Å²) >= 11 is 0. The number of nitrogens with zero attached hydrogens (tertiary/aromatic N) is 4. The first-order chi connectivity index (χ1) is 21.0. The van der Waals surface area contributed by atoms with Crippen LogP contribution in [0.2, 0.25) is 0 Å². The molecule has 5 aromatic rings. The fourth-order valence-corrected chi connectivity index (χ4v) is 6.49. The number of likely N-dealkylation sites (N-methyl/N-ethyl adjacent to an activating group) is 1. The van der Waals surface area contributed by atoms with Crippen molar-refractivity contribution in [1.82, 2.24) is 35.1 Å². The number of aromatic amines is 2. The fraction of sp³-hybridized carbons (Fsp3) is 0.333. The van der Waals surface area contributed by atoms with Crippen molar-refractivity contribution in [3.8, 4) is 28.1 Å². The number of carbonyl (C=O) groups is 2. The van der Waals surface area contributed by atoms with Crippen LogP contribution in [-0.2, 0) is 22.7 Å². The minimum absolute atomic E-state index is 0.000517. The molecule has 3 N–H and O–H groups in total. The molecule has 0 bridgehead atoms. The molecule has 3 aromatic carbocycles. The number of aromatic nitrogens is 4. The van der Waals surface area contributed by atoms with Crippen LogP contribution < -0.4 is 10.1 Å². The predicted octanol–water partition coefficient (Wildman–Crippen LogP) is 4.77. The smallest absolute Gasteiger partial charge is 0.236 e. The lowest BCUT2D eigenvalue weighted by Gasteiger charge is -2.42. The van der Waals surface area contributed by atoms with Gasteiger partial charge in [-0.3, -0.25) is 9.59 Å². The highest BCUT2D eigenvalue weighted by atomic mass is 16.5. The van der Waals surface area contributed by atoms with E-state index in [0.717, 1.165) is 86.5 Å². The Hall–Kier alpha value is -4.70. The molecule has 0 spiro atoms. The van der Waals surface area contributed by atoms with Crippen LogP contribution >= 0.6 is 0 Å². The molecule has 1 saturated heterocycles. The lowest BCUT2D eigenvalue weighted by atomic mass is 9.90. The van der Waals surface area contributed by atoms with E-state index in [4.69, 9.17) is 9.72 Å². The van der Waals surface area contributed by atoms with Crippen LogP contribution in [0, 0.1) is 5.92 Å². The molecule has 1 fully saturated rings. The molecule has 2 amide bonds. The van der Waals surface area contributed by atoms with Gasteiger partial charge in [0.05, 0.1) is 42.1 Å². The molecule has 10 nitrogen and oxygen atoms in total. The zero-order chi connectivity index (χ0) is 29.7. The molecule has 220 valence electrons. The third kappa shape index (κ3) is 4.71. The van der Waals surface area contributed by atoms with Gasteiger partial charge in [0, 0.05) is 30.0 Å². The van der Waals surface area contributed by atoms with Gasteiger partial charge >= 0.3 is 0 Å². The Morgan fingerprint density at radius 2 is 2.07 bits per heavy atom. The van der Waals surface area contributed by atoms with Crippen LogP contribution in [0.4, 0.5) is 0 Å². The molecular weight excluding hydrogens is 542 g/mol. The van der Waals surface area contributed by atoms with Crippen molar-refractivity contribution in [2.45, 2.75) is 39.5 Å². The summed E-state index contributed by atoms with van der Waals surface area (Å²) in [6, 6.07) is 14.8. The molecular formula is C33H35N7O3. The number of amides is 2. The van der Waals surface area contributed by atoms with Crippen LogP contribution in [0.15, 0.2) is 48.7 Å². The van der Waals surface area contributed by atoms with Gasteiger partial charge in [-0.15, -0.1) is 0 Å². The van der Waals surface area contributed by atoms with E-state index < -0.39 is 0 Å². The predicted molar refractivity (Wildman–Crippen MR) is 165 cm³/mol. The topological polar surface area (TPSA) is 119 Å². The van der Waals surface area contributed by atoms with Crippen LogP contribution in [0.5, 0.6) is 5.75 Å². The van der Waals surface area contributed by atoms with Gasteiger partial charge < -0.3 is 29.8 Å². The maximum absolute atomic E-state index is 12.6. The molecule has 2 aliphatic rings. The molecule has 2 atom stereocenters. The SMILES string of the molecule is CCCN(Cc1nc2c(ccc3cc4c(cc32)OCc2cc(-c3cnc(C5C(C)CN5C=O)[nH]3)ccc2-4)[nH]1)C(=O)CNC. The molecule has 7 rings (SSSR count). The largest absolute Gasteiger partial charge is 0.488 e. The zero-order valence-corrected chi connectivity index (χ0v) is 24.6. The van der Waals surface area contributed by atoms with E-state index in [1.807, 2.05) is 11.1 Å². The summed E-state index contributed by atoms with van der Waals surface area (Å²) in [5.41, 5.74) is 7.08. The van der Waals surface area contributed by atoms with Crippen molar-refractivity contribution < 1.29 is 14.3 Å². The summed E-state index contributed by atoms with van der Waals surface area (Å²) in [6.07, 6.45) is 3.63. The Balaban J connectivity index is 1.19. The van der Waals surface area contributed by atoms with Gasteiger partial charge in [-0.05, 0) is 59.8 Å². The van der Waals surface area contributed by atoms with Gasteiger partial charge in [0.25, 0.3) is 0 Å². The summed E-state index contributed by atoms with van der Waals surface area (Å²) in [5, 5.41) is 5.05. The average Bonchev–Trinajstić information content (AvgIpc) is 3.65. The summed E-state index contributed by atoms with van der Waals surface area (Å²) in [7, 11) is 1.78. The van der Waals surface area contributed by atoms with Crippen LogP contribution in [-0.4, -0.2) is 68.7 Å². The molecule has 0 radical (unpaired) electrons. The molecule has 10 heteroatoms. The third-order valence-corrected chi connectivity index (χ3v) is 8.63.